The van der Waals surface area contributed by atoms with E-state index in [1.54, 1.807) is 6.07 Å². The van der Waals surface area contributed by atoms with E-state index in [4.69, 9.17) is 11.6 Å². The summed E-state index contributed by atoms with van der Waals surface area (Å²) in [5, 5.41) is -0.349. The van der Waals surface area contributed by atoms with Gasteiger partial charge in [0, 0.05) is 5.56 Å². The van der Waals surface area contributed by atoms with Crippen LogP contribution in [0, 0.1) is 0 Å². The van der Waals surface area contributed by atoms with Gasteiger partial charge in [-0.05, 0) is 61.8 Å². The Morgan fingerprint density at radius 1 is 1.00 bits per heavy atom. The summed E-state index contributed by atoms with van der Waals surface area (Å²) < 4.78 is 0. The maximum atomic E-state index is 11.3. The zero-order valence-electron chi connectivity index (χ0n) is 13.1. The third kappa shape index (κ3) is 8.06. The summed E-state index contributed by atoms with van der Waals surface area (Å²) in [5.74, 6) is 0. The molecule has 1 rings (SSSR count). The van der Waals surface area contributed by atoms with E-state index in [9.17, 15) is 4.79 Å². The molecule has 21 heavy (non-hydrogen) atoms. The van der Waals surface area contributed by atoms with Crippen LogP contribution in [0.3, 0.4) is 0 Å². The van der Waals surface area contributed by atoms with Crippen molar-refractivity contribution in [1.29, 1.82) is 0 Å². The lowest BCUT2D eigenvalue weighted by Crippen LogP contribution is -1.97. The van der Waals surface area contributed by atoms with Crippen molar-refractivity contribution < 1.29 is 4.79 Å². The van der Waals surface area contributed by atoms with Crippen LogP contribution in [0.2, 0.25) is 0 Å². The van der Waals surface area contributed by atoms with Crippen LogP contribution in [-0.2, 0) is 6.42 Å². The highest BCUT2D eigenvalue weighted by atomic mass is 35.5. The molecule has 0 spiro atoms. The van der Waals surface area contributed by atoms with Gasteiger partial charge in [-0.3, -0.25) is 4.79 Å². The van der Waals surface area contributed by atoms with Crippen LogP contribution in [-0.4, -0.2) is 5.24 Å². The first-order chi connectivity index (χ1) is 10.3. The number of rotatable bonds is 11. The van der Waals surface area contributed by atoms with Gasteiger partial charge in [-0.25, -0.2) is 0 Å². The number of aryl methyl sites for hydroxylation is 1. The second kappa shape index (κ2) is 11.6. The predicted octanol–water partition coefficient (Wildman–Crippen LogP) is 6.31. The van der Waals surface area contributed by atoms with E-state index in [0.29, 0.717) is 5.56 Å². The zero-order valence-corrected chi connectivity index (χ0v) is 13.9. The van der Waals surface area contributed by atoms with Crippen LogP contribution in [0.4, 0.5) is 0 Å². The van der Waals surface area contributed by atoms with Gasteiger partial charge >= 0.3 is 0 Å². The molecule has 0 radical (unpaired) electrons. The minimum Gasteiger partial charge on any atom is -0.276 e. The molecular weight excluding hydrogens is 280 g/mol. The quantitative estimate of drug-likeness (QED) is 0.266. The van der Waals surface area contributed by atoms with Gasteiger partial charge in [-0.15, -0.1) is 0 Å². The number of hydrogen-bond acceptors (Lipinski definition) is 1. The molecule has 0 fully saturated rings. The number of halogens is 1. The lowest BCUT2D eigenvalue weighted by molar-refractivity contribution is 0.108. The Labute approximate surface area is 134 Å². The molecule has 116 valence electrons. The summed E-state index contributed by atoms with van der Waals surface area (Å²) in [5.41, 5.74) is 1.73. The molecule has 1 nitrogen and oxygen atoms in total. The van der Waals surface area contributed by atoms with Gasteiger partial charge in [0.2, 0.25) is 0 Å². The van der Waals surface area contributed by atoms with Crippen LogP contribution in [0.5, 0.6) is 0 Å². The first-order valence-corrected chi connectivity index (χ1v) is 8.56. The van der Waals surface area contributed by atoms with Crippen molar-refractivity contribution >= 4 is 16.8 Å². The number of hydrogen-bond donors (Lipinski definition) is 0. The number of carbonyl (C=O) groups is 1. The van der Waals surface area contributed by atoms with Gasteiger partial charge in [0.15, 0.2) is 0 Å². The Morgan fingerprint density at radius 2 is 1.67 bits per heavy atom. The van der Waals surface area contributed by atoms with Crippen LogP contribution in [0.25, 0.3) is 0 Å². The molecule has 0 unspecified atom stereocenters. The normalized spacial score (nSPS) is 11.1. The minimum atomic E-state index is -0.349. The molecule has 0 aliphatic carbocycles. The van der Waals surface area contributed by atoms with Crippen LogP contribution < -0.4 is 0 Å². The molecule has 0 heterocycles. The van der Waals surface area contributed by atoms with Gasteiger partial charge in [-0.2, -0.15) is 0 Å². The molecule has 1 aromatic carbocycles. The van der Waals surface area contributed by atoms with Crippen molar-refractivity contribution in [2.45, 2.75) is 64.7 Å². The van der Waals surface area contributed by atoms with Crippen molar-refractivity contribution in [2.75, 3.05) is 0 Å². The fourth-order valence-corrected chi connectivity index (χ4v) is 2.62. The summed E-state index contributed by atoms with van der Waals surface area (Å²) >= 11 is 5.59. The average Bonchev–Trinajstić information content (AvgIpc) is 2.49. The van der Waals surface area contributed by atoms with Crippen molar-refractivity contribution in [3.8, 4) is 0 Å². The van der Waals surface area contributed by atoms with Crippen LogP contribution in [0.15, 0.2) is 36.4 Å². The lowest BCUT2D eigenvalue weighted by atomic mass is 10.0. The number of benzene rings is 1. The van der Waals surface area contributed by atoms with Crippen LogP contribution in [0.1, 0.15) is 74.2 Å². The topological polar surface area (TPSA) is 17.1 Å². The second-order valence-corrected chi connectivity index (χ2v) is 5.84. The minimum absolute atomic E-state index is 0.349. The summed E-state index contributed by atoms with van der Waals surface area (Å²) in [6.45, 7) is 2.24. The summed E-state index contributed by atoms with van der Waals surface area (Å²) in [6, 6.07) is 7.63. The fraction of sp³-hybridized carbons (Fsp3) is 0.526. The zero-order chi connectivity index (χ0) is 15.3. The largest absolute Gasteiger partial charge is 0.276 e. The monoisotopic (exact) mass is 306 g/mol. The second-order valence-electron chi connectivity index (χ2n) is 5.50. The summed E-state index contributed by atoms with van der Waals surface area (Å²) in [7, 11) is 0. The Kier molecular flexibility index (Phi) is 9.90. The van der Waals surface area contributed by atoms with E-state index in [1.165, 1.54) is 32.1 Å². The highest BCUT2D eigenvalue weighted by Crippen LogP contribution is 2.15. The smallest absolute Gasteiger partial charge is 0.252 e. The Balaban J connectivity index is 2.14. The molecule has 0 saturated heterocycles. The highest BCUT2D eigenvalue weighted by Gasteiger charge is 2.06. The molecule has 0 aliphatic heterocycles. The molecule has 0 aliphatic rings. The number of carbonyl (C=O) groups excluding carboxylic acids is 1. The standard InChI is InChI=1S/C19H27ClO/c1-2-3-4-5-6-7-8-9-10-11-14-17-15-12-13-16-18(17)19(20)21/h7-8,12-13,15-16H,2-6,9-11,14H2,1H3/b8-7-. The SMILES string of the molecule is CCCCCC/C=C\CCCCc1ccccc1C(=O)Cl. The number of unbranched alkanes of at least 4 members (excludes halogenated alkanes) is 6. The molecular formula is C19H27ClO. The summed E-state index contributed by atoms with van der Waals surface area (Å²) in [4.78, 5) is 11.3. The van der Waals surface area contributed by atoms with Crippen molar-refractivity contribution in [2.24, 2.45) is 0 Å². The van der Waals surface area contributed by atoms with Crippen molar-refractivity contribution in [1.82, 2.24) is 0 Å². The van der Waals surface area contributed by atoms with E-state index in [1.807, 2.05) is 18.2 Å². The van der Waals surface area contributed by atoms with Crippen molar-refractivity contribution in [3.63, 3.8) is 0 Å². The maximum absolute atomic E-state index is 11.3. The third-order valence-electron chi connectivity index (χ3n) is 3.69. The lowest BCUT2D eigenvalue weighted by Gasteiger charge is -2.04. The molecule has 2 heteroatoms. The van der Waals surface area contributed by atoms with Crippen molar-refractivity contribution in [3.05, 3.63) is 47.5 Å². The van der Waals surface area contributed by atoms with Gasteiger partial charge in [0.05, 0.1) is 0 Å². The Bertz CT molecular complexity index is 437. The summed E-state index contributed by atoms with van der Waals surface area (Å²) in [6.07, 6.45) is 15.5. The molecule has 1 aromatic rings. The van der Waals surface area contributed by atoms with Crippen LogP contribution >= 0.6 is 11.6 Å². The first-order valence-electron chi connectivity index (χ1n) is 8.18. The average molecular weight is 307 g/mol. The van der Waals surface area contributed by atoms with E-state index in [-0.39, 0.29) is 5.24 Å². The molecule has 0 aromatic heterocycles. The van der Waals surface area contributed by atoms with E-state index < -0.39 is 0 Å². The first kappa shape index (κ1) is 18.0. The molecule has 0 N–H and O–H groups in total. The predicted molar refractivity (Wildman–Crippen MR) is 92.1 cm³/mol. The fourth-order valence-electron chi connectivity index (χ4n) is 2.43. The Hall–Kier alpha value is -1.08. The van der Waals surface area contributed by atoms with Gasteiger partial charge in [0.25, 0.3) is 5.24 Å². The Morgan fingerprint density at radius 3 is 2.33 bits per heavy atom. The van der Waals surface area contributed by atoms with E-state index >= 15 is 0 Å². The molecule has 0 amide bonds. The maximum Gasteiger partial charge on any atom is 0.252 e. The highest BCUT2D eigenvalue weighted by molar-refractivity contribution is 6.67. The van der Waals surface area contributed by atoms with Gasteiger partial charge in [0.1, 0.15) is 0 Å². The molecule has 0 bridgehead atoms. The van der Waals surface area contributed by atoms with E-state index in [2.05, 4.69) is 19.1 Å². The molecule has 0 atom stereocenters. The molecule has 0 saturated carbocycles. The van der Waals surface area contributed by atoms with Gasteiger partial charge in [-0.1, -0.05) is 56.5 Å². The van der Waals surface area contributed by atoms with E-state index in [0.717, 1.165) is 31.2 Å². The number of allylic oxidation sites excluding steroid dienone is 2. The van der Waals surface area contributed by atoms with Gasteiger partial charge < -0.3 is 0 Å². The third-order valence-corrected chi connectivity index (χ3v) is 3.89.